The second-order valence-electron chi connectivity index (χ2n) is 29.7. The van der Waals surface area contributed by atoms with Crippen molar-refractivity contribution in [3.8, 4) is 0 Å². The third-order valence-corrected chi connectivity index (χ3v) is 21.8. The first-order valence-electron chi connectivity index (χ1n) is 36.4. The van der Waals surface area contributed by atoms with Gasteiger partial charge in [0.05, 0.1) is 43.3 Å². The van der Waals surface area contributed by atoms with E-state index in [4.69, 9.17) is 16.3 Å². The molecule has 1 spiro atoms. The van der Waals surface area contributed by atoms with Gasteiger partial charge in [-0.1, -0.05) is 119 Å². The first-order chi connectivity index (χ1) is 49.0. The molecule has 3 aliphatic heterocycles. The molecule has 104 heavy (non-hydrogen) atoms. The molecule has 2 saturated carbocycles. The van der Waals surface area contributed by atoms with Crippen LogP contribution in [0.3, 0.4) is 0 Å². The van der Waals surface area contributed by atoms with Crippen LogP contribution in [-0.4, -0.2) is 265 Å². The first-order valence-corrected chi connectivity index (χ1v) is 36.8. The molecule has 29 heteroatoms. The Balaban J connectivity index is 1.33. The minimum absolute atomic E-state index is 0.00994. The molecule has 25 nitrogen and oxygen atoms in total. The second-order valence-corrected chi connectivity index (χ2v) is 30.1. The number of ether oxygens (including phenoxy) is 1. The zero-order chi connectivity index (χ0) is 76.8. The summed E-state index contributed by atoms with van der Waals surface area (Å²) in [6.45, 7) is 7.48. The van der Waals surface area contributed by atoms with Gasteiger partial charge in [0.25, 0.3) is 0 Å². The molecule has 3 heterocycles. The number of nitrogens with zero attached hydrogens (tertiary/aromatic N) is 9. The van der Waals surface area contributed by atoms with Crippen LogP contribution in [0.1, 0.15) is 146 Å². The largest absolute Gasteiger partial charge is 0.417 e. The van der Waals surface area contributed by atoms with Gasteiger partial charge in [-0.3, -0.25) is 57.5 Å². The summed E-state index contributed by atoms with van der Waals surface area (Å²) in [5.74, 6) is -9.52. The summed E-state index contributed by atoms with van der Waals surface area (Å²) in [5, 5.41) is 8.13. The van der Waals surface area contributed by atoms with Crippen molar-refractivity contribution in [1.29, 1.82) is 0 Å². The summed E-state index contributed by atoms with van der Waals surface area (Å²) < 4.78 is 47.8. The van der Waals surface area contributed by atoms with Crippen LogP contribution in [0.2, 0.25) is 5.02 Å². The van der Waals surface area contributed by atoms with E-state index in [0.717, 1.165) is 45.2 Å². The number of rotatable bonds is 11. The summed E-state index contributed by atoms with van der Waals surface area (Å²) in [4.78, 5) is 192. The molecule has 2 saturated heterocycles. The van der Waals surface area contributed by atoms with Crippen molar-refractivity contribution in [3.63, 3.8) is 0 Å². The Morgan fingerprint density at radius 1 is 0.683 bits per heavy atom. The lowest BCUT2D eigenvalue weighted by atomic mass is 9.90. The summed E-state index contributed by atoms with van der Waals surface area (Å²) >= 11 is 6.18. The fourth-order valence-corrected chi connectivity index (χ4v) is 15.3. The van der Waals surface area contributed by atoms with E-state index in [0.29, 0.717) is 44.1 Å². The zero-order valence-corrected chi connectivity index (χ0v) is 63.4. The SMILES string of the molecule is CC[C@H](C)[C@@H]1NC(=O)[C@@H](CC(C)C)N(C)C(=O)C[C@@H](C(=O)N(C)C)N(C)C(=O)[C@H](C2CCCC2)N(C)C(=O)C2(CCCC2)NC(=O)[C@@H]2CCCN2C(=O)[C@H](CCc2ccc(C(F)(F)F)c(Cl)c2)NC(=O)CN(C)C(=O)[C@H](Cc2ccc(C)cc2)N2CC/C=C\COC[C@H](C2=O)N(C)C(=O)CN(C)C1=O. The summed E-state index contributed by atoms with van der Waals surface area (Å²) in [6.07, 6.45) is 2.62. The van der Waals surface area contributed by atoms with Crippen LogP contribution >= 0.6 is 11.6 Å². The van der Waals surface area contributed by atoms with E-state index in [1.807, 2.05) is 39.8 Å². The number of fused-ring (bicyclic) bond motifs is 3. The number of hydrogen-bond acceptors (Lipinski definition) is 13. The van der Waals surface area contributed by atoms with Gasteiger partial charge in [0, 0.05) is 75.9 Å². The maximum Gasteiger partial charge on any atom is 0.417 e. The summed E-state index contributed by atoms with van der Waals surface area (Å²) in [6, 6.07) is -0.180. The normalized spacial score (nSPS) is 26.1. The standard InChI is InChI=1S/C75H108ClF3N12O13/c1-14-48(5)63-71(101)85(9)44-62(94)87(11)59-45-104-38-21-15-20-36-91(70(59)100)58(41-50-28-26-47(4)27-29-50)69(99)84(8)43-60(92)80-54(33-31-49-30-32-52(53(76)40-49)75(77,78)79)67(97)90-37-22-25-55(90)66(96)82-74(34-18-19-35-74)73(103)89(13)64(51-23-16-17-24-51)72(102)88(12)57(68(98)83(6)7)42-61(93)86(10)56(39-46(2)3)65(95)81-63/h15,21,26-30,32,40,46,48,51,54-59,63-64H,14,16-20,22-25,31,33-39,41-45H2,1-13H3,(H,80,92)(H,81,95)(H,82,96)/b21-15-/t48-,54-,55-,56+,57-,58-,59+,63-,64-/m0/s1. The number of carbonyl (C=O) groups excluding carboxylic acids is 12. The average molecular weight is 1480 g/mol. The Kier molecular flexibility index (Phi) is 29.4. The molecule has 4 fully saturated rings. The lowest BCUT2D eigenvalue weighted by molar-refractivity contribution is -0.156. The Morgan fingerprint density at radius 3 is 1.94 bits per heavy atom. The van der Waals surface area contributed by atoms with Crippen LogP contribution < -0.4 is 16.0 Å². The molecule has 574 valence electrons. The maximum absolute atomic E-state index is 15.6. The van der Waals surface area contributed by atoms with Gasteiger partial charge < -0.3 is 64.8 Å². The average Bonchev–Trinajstić information content (AvgIpc) is 1.53. The number of likely N-dealkylation sites (N-methyl/N-ethyl adjacent to an activating group) is 7. The van der Waals surface area contributed by atoms with Crippen LogP contribution in [0.15, 0.2) is 54.6 Å². The number of halogens is 4. The Hall–Kier alpha value is -8.14. The van der Waals surface area contributed by atoms with E-state index in [1.54, 1.807) is 31.2 Å². The Morgan fingerprint density at radius 2 is 1.33 bits per heavy atom. The van der Waals surface area contributed by atoms with Crippen molar-refractivity contribution in [2.24, 2.45) is 17.8 Å². The number of alkyl halides is 3. The molecule has 12 amide bonds. The number of hydrogen-bond donors (Lipinski definition) is 3. The van der Waals surface area contributed by atoms with Gasteiger partial charge >= 0.3 is 6.18 Å². The lowest BCUT2D eigenvalue weighted by Gasteiger charge is -2.42. The number of benzene rings is 2. The van der Waals surface area contributed by atoms with Crippen molar-refractivity contribution < 1.29 is 75.4 Å². The molecule has 2 aliphatic carbocycles. The van der Waals surface area contributed by atoms with Gasteiger partial charge in [0.15, 0.2) is 0 Å². The van der Waals surface area contributed by atoms with Crippen molar-refractivity contribution >= 4 is 82.5 Å². The van der Waals surface area contributed by atoms with E-state index in [2.05, 4.69) is 16.0 Å². The van der Waals surface area contributed by atoms with E-state index in [-0.39, 0.29) is 89.2 Å². The molecule has 3 N–H and O–H groups in total. The van der Waals surface area contributed by atoms with E-state index in [1.165, 1.54) is 91.8 Å². The minimum Gasteiger partial charge on any atom is -0.375 e. The van der Waals surface area contributed by atoms with Gasteiger partial charge in [-0.05, 0) is 112 Å². The number of aryl methyl sites for hydroxylation is 2. The molecule has 2 aromatic carbocycles. The lowest BCUT2D eigenvalue weighted by Crippen LogP contribution is -2.65. The van der Waals surface area contributed by atoms with E-state index in [9.17, 15) is 41.9 Å². The summed E-state index contributed by atoms with van der Waals surface area (Å²) in [5.41, 5.74) is -0.866. The molecular weight excluding hydrogens is 1370 g/mol. The van der Waals surface area contributed by atoms with Crippen LogP contribution in [-0.2, 0) is 81.3 Å². The fourth-order valence-electron chi connectivity index (χ4n) is 15.0. The van der Waals surface area contributed by atoms with Crippen molar-refractivity contribution in [2.75, 3.05) is 95.8 Å². The maximum atomic E-state index is 15.6. The molecule has 0 aromatic heterocycles. The highest BCUT2D eigenvalue weighted by Crippen LogP contribution is 2.38. The fraction of sp³-hybridized carbons (Fsp3) is 0.653. The first kappa shape index (κ1) is 83.1. The molecular formula is C75H108ClF3N12O13. The smallest absolute Gasteiger partial charge is 0.375 e. The second kappa shape index (κ2) is 36.7. The number of carbonyl (C=O) groups is 12. The van der Waals surface area contributed by atoms with Crippen molar-refractivity contribution in [1.82, 2.24) is 60.0 Å². The highest BCUT2D eigenvalue weighted by molar-refractivity contribution is 6.31. The van der Waals surface area contributed by atoms with Gasteiger partial charge in [0.1, 0.15) is 53.9 Å². The third kappa shape index (κ3) is 20.5. The molecule has 5 aliphatic rings. The molecule has 2 bridgehead atoms. The Labute approximate surface area is 614 Å². The Bertz CT molecular complexity index is 3470. The van der Waals surface area contributed by atoms with Crippen molar-refractivity contribution in [2.45, 2.75) is 204 Å². The van der Waals surface area contributed by atoms with Gasteiger partial charge in [0.2, 0.25) is 70.9 Å². The topological polar surface area (TPSA) is 279 Å². The van der Waals surface area contributed by atoms with Gasteiger partial charge in [-0.15, -0.1) is 0 Å². The number of amides is 12. The molecule has 7 rings (SSSR count). The molecule has 0 unspecified atom stereocenters. The predicted molar refractivity (Wildman–Crippen MR) is 383 cm³/mol. The van der Waals surface area contributed by atoms with Crippen LogP contribution in [0, 0.1) is 24.7 Å². The quantitative estimate of drug-likeness (QED) is 0.238. The predicted octanol–water partition coefficient (Wildman–Crippen LogP) is 5.40. The zero-order valence-electron chi connectivity index (χ0n) is 62.7. The molecule has 0 radical (unpaired) electrons. The highest BCUT2D eigenvalue weighted by Gasteiger charge is 2.52. The molecule has 9 atom stereocenters. The van der Waals surface area contributed by atoms with E-state index >= 15 is 28.8 Å². The van der Waals surface area contributed by atoms with Crippen LogP contribution in [0.5, 0.6) is 0 Å². The van der Waals surface area contributed by atoms with E-state index < -0.39 is 173 Å². The van der Waals surface area contributed by atoms with Gasteiger partial charge in [-0.25, -0.2) is 0 Å². The van der Waals surface area contributed by atoms with Crippen LogP contribution in [0.25, 0.3) is 0 Å². The minimum atomic E-state index is -4.78. The molecule has 2 aromatic rings. The summed E-state index contributed by atoms with van der Waals surface area (Å²) in [7, 11) is 11.3. The third-order valence-electron chi connectivity index (χ3n) is 21.5. The monoisotopic (exact) mass is 1480 g/mol. The van der Waals surface area contributed by atoms with Gasteiger partial charge in [-0.2, -0.15) is 13.2 Å². The van der Waals surface area contributed by atoms with Crippen LogP contribution in [0.4, 0.5) is 13.2 Å². The highest BCUT2D eigenvalue weighted by atomic mass is 35.5. The van der Waals surface area contributed by atoms with Crippen molar-refractivity contribution in [3.05, 3.63) is 81.9 Å². The number of nitrogens with one attached hydrogen (secondary N) is 3.